The van der Waals surface area contributed by atoms with E-state index in [-0.39, 0.29) is 24.7 Å². The Balaban J connectivity index is 1.40. The van der Waals surface area contributed by atoms with Crippen LogP contribution < -0.4 is 5.32 Å². The molecule has 0 aromatic heterocycles. The Hall–Kier alpha value is -1.79. The molecule has 0 unspecified atom stereocenters. The number of halogens is 1. The molecule has 2 aliphatic rings. The Labute approximate surface area is 165 Å². The average molecular weight is 394 g/mol. The first-order chi connectivity index (χ1) is 13.0. The van der Waals surface area contributed by atoms with Crippen LogP contribution in [0.2, 0.25) is 5.02 Å². The molecule has 0 spiro atoms. The van der Waals surface area contributed by atoms with Crippen LogP contribution in [0.4, 0.5) is 4.79 Å². The second-order valence-electron chi connectivity index (χ2n) is 7.54. The molecule has 6 nitrogen and oxygen atoms in total. The van der Waals surface area contributed by atoms with Crippen LogP contribution in [0.25, 0.3) is 0 Å². The number of rotatable bonds is 6. The molecule has 1 heterocycles. The summed E-state index contributed by atoms with van der Waals surface area (Å²) in [5.74, 6) is -0.318. The Morgan fingerprint density at radius 2 is 1.85 bits per heavy atom. The molecule has 3 rings (SSSR count). The number of urea groups is 1. The highest BCUT2D eigenvalue weighted by Crippen LogP contribution is 2.30. The lowest BCUT2D eigenvalue weighted by Gasteiger charge is -2.43. The zero-order valence-electron chi connectivity index (χ0n) is 15.7. The molecule has 1 aromatic rings. The minimum Gasteiger partial charge on any atom is -0.480 e. The van der Waals surface area contributed by atoms with Gasteiger partial charge in [-0.1, -0.05) is 30.7 Å². The number of likely N-dealkylation sites (N-methyl/N-ethyl adjacent to an activating group) is 1. The SMILES string of the molecule is CCN(CC(=O)O)C1CC(NC(=O)N2CCC(c3ccc(Cl)cc3)CC2)C1. The fourth-order valence-corrected chi connectivity index (χ4v) is 4.22. The topological polar surface area (TPSA) is 72.9 Å². The molecule has 2 fully saturated rings. The highest BCUT2D eigenvalue weighted by molar-refractivity contribution is 6.30. The summed E-state index contributed by atoms with van der Waals surface area (Å²) in [6.07, 6.45) is 3.58. The first-order valence-electron chi connectivity index (χ1n) is 9.73. The van der Waals surface area contributed by atoms with E-state index in [2.05, 4.69) is 17.4 Å². The van der Waals surface area contributed by atoms with Gasteiger partial charge in [0.1, 0.15) is 0 Å². The van der Waals surface area contributed by atoms with E-state index in [1.165, 1.54) is 5.56 Å². The van der Waals surface area contributed by atoms with E-state index in [0.717, 1.165) is 50.3 Å². The highest BCUT2D eigenvalue weighted by Gasteiger charge is 2.35. The van der Waals surface area contributed by atoms with Crippen LogP contribution in [0.5, 0.6) is 0 Å². The Morgan fingerprint density at radius 3 is 2.41 bits per heavy atom. The van der Waals surface area contributed by atoms with Crippen LogP contribution in [0.1, 0.15) is 44.1 Å². The second-order valence-corrected chi connectivity index (χ2v) is 7.98. The molecular weight excluding hydrogens is 366 g/mol. The van der Waals surface area contributed by atoms with Gasteiger partial charge < -0.3 is 15.3 Å². The quantitative estimate of drug-likeness (QED) is 0.778. The second kappa shape index (κ2) is 8.93. The monoisotopic (exact) mass is 393 g/mol. The van der Waals surface area contributed by atoms with Crippen molar-refractivity contribution in [2.45, 2.75) is 50.6 Å². The molecule has 2 amide bonds. The predicted octanol–water partition coefficient (Wildman–Crippen LogP) is 3.17. The third-order valence-corrected chi connectivity index (χ3v) is 6.08. The van der Waals surface area contributed by atoms with Gasteiger partial charge in [0, 0.05) is 30.2 Å². The van der Waals surface area contributed by atoms with Crippen molar-refractivity contribution in [3.8, 4) is 0 Å². The molecule has 2 N–H and O–H groups in total. The fourth-order valence-electron chi connectivity index (χ4n) is 4.09. The number of nitrogens with zero attached hydrogens (tertiary/aromatic N) is 2. The number of carboxylic acids is 1. The van der Waals surface area contributed by atoms with E-state index in [9.17, 15) is 9.59 Å². The number of carboxylic acid groups (broad SMARTS) is 1. The average Bonchev–Trinajstić information content (AvgIpc) is 2.63. The van der Waals surface area contributed by atoms with E-state index < -0.39 is 5.97 Å². The third-order valence-electron chi connectivity index (χ3n) is 5.83. The number of aliphatic carboxylic acids is 1. The number of hydrogen-bond donors (Lipinski definition) is 2. The van der Waals surface area contributed by atoms with Crippen LogP contribution in [0.15, 0.2) is 24.3 Å². The van der Waals surface area contributed by atoms with Gasteiger partial charge in [-0.25, -0.2) is 4.79 Å². The van der Waals surface area contributed by atoms with E-state index in [4.69, 9.17) is 16.7 Å². The molecule has 0 bridgehead atoms. The van der Waals surface area contributed by atoms with Gasteiger partial charge in [0.15, 0.2) is 0 Å². The lowest BCUT2D eigenvalue weighted by Crippen LogP contribution is -2.57. The summed E-state index contributed by atoms with van der Waals surface area (Å²) in [5.41, 5.74) is 1.29. The number of carbonyl (C=O) groups is 2. The van der Waals surface area contributed by atoms with Crippen molar-refractivity contribution in [2.75, 3.05) is 26.2 Å². The lowest BCUT2D eigenvalue weighted by molar-refractivity contribution is -0.139. The Bertz CT molecular complexity index is 653. The molecule has 27 heavy (non-hydrogen) atoms. The van der Waals surface area contributed by atoms with Gasteiger partial charge in [0.05, 0.1) is 6.54 Å². The predicted molar refractivity (Wildman–Crippen MR) is 105 cm³/mol. The van der Waals surface area contributed by atoms with E-state index >= 15 is 0 Å². The van der Waals surface area contributed by atoms with Crippen molar-refractivity contribution in [1.29, 1.82) is 0 Å². The van der Waals surface area contributed by atoms with Crippen molar-refractivity contribution >= 4 is 23.6 Å². The highest BCUT2D eigenvalue weighted by atomic mass is 35.5. The van der Waals surface area contributed by atoms with Crippen molar-refractivity contribution < 1.29 is 14.7 Å². The lowest BCUT2D eigenvalue weighted by atomic mass is 9.85. The third kappa shape index (κ3) is 5.14. The van der Waals surface area contributed by atoms with Gasteiger partial charge in [-0.3, -0.25) is 9.69 Å². The molecule has 1 saturated carbocycles. The normalized spacial score (nSPS) is 23.1. The van der Waals surface area contributed by atoms with Crippen LogP contribution in [0.3, 0.4) is 0 Å². The maximum absolute atomic E-state index is 12.5. The van der Waals surface area contributed by atoms with Crippen molar-refractivity contribution in [3.05, 3.63) is 34.9 Å². The first-order valence-corrected chi connectivity index (χ1v) is 10.1. The van der Waals surface area contributed by atoms with E-state index in [0.29, 0.717) is 5.92 Å². The van der Waals surface area contributed by atoms with Crippen molar-refractivity contribution in [3.63, 3.8) is 0 Å². The molecular formula is C20H28ClN3O3. The van der Waals surface area contributed by atoms with Crippen LogP contribution >= 0.6 is 11.6 Å². The summed E-state index contributed by atoms with van der Waals surface area (Å²) < 4.78 is 0. The number of likely N-dealkylation sites (tertiary alicyclic amines) is 1. The van der Waals surface area contributed by atoms with Gasteiger partial charge >= 0.3 is 12.0 Å². The Kier molecular flexibility index (Phi) is 6.60. The maximum Gasteiger partial charge on any atom is 0.317 e. The maximum atomic E-state index is 12.5. The van der Waals surface area contributed by atoms with Gasteiger partial charge in [-0.05, 0) is 55.8 Å². The standard InChI is InChI=1S/C20H28ClN3O3/c1-2-23(13-19(25)26)18-11-17(12-18)22-20(27)24-9-7-15(8-10-24)14-3-5-16(21)6-4-14/h3-6,15,17-18H,2,7-13H2,1H3,(H,22,27)(H,25,26). The van der Waals surface area contributed by atoms with E-state index in [1.807, 2.05) is 28.9 Å². The smallest absolute Gasteiger partial charge is 0.317 e. The largest absolute Gasteiger partial charge is 0.480 e. The number of benzene rings is 1. The molecule has 1 aliphatic heterocycles. The molecule has 0 radical (unpaired) electrons. The fraction of sp³-hybridized carbons (Fsp3) is 0.600. The van der Waals surface area contributed by atoms with Gasteiger partial charge in [0.2, 0.25) is 0 Å². The summed E-state index contributed by atoms with van der Waals surface area (Å²) in [5, 5.41) is 12.8. The minimum atomic E-state index is -0.798. The molecule has 148 valence electrons. The number of nitrogens with one attached hydrogen (secondary N) is 1. The van der Waals surface area contributed by atoms with E-state index in [1.54, 1.807) is 0 Å². The first kappa shape index (κ1) is 20.0. The van der Waals surface area contributed by atoms with Crippen molar-refractivity contribution in [2.24, 2.45) is 0 Å². The van der Waals surface area contributed by atoms with Crippen molar-refractivity contribution in [1.82, 2.24) is 15.1 Å². The number of amides is 2. The van der Waals surface area contributed by atoms with Crippen LogP contribution in [0, 0.1) is 0 Å². The molecule has 1 aliphatic carbocycles. The Morgan fingerprint density at radius 1 is 1.22 bits per heavy atom. The molecule has 0 atom stereocenters. The van der Waals surface area contributed by atoms with Crippen LogP contribution in [-0.2, 0) is 4.79 Å². The number of carbonyl (C=O) groups excluding carboxylic acids is 1. The number of piperidine rings is 1. The molecule has 1 saturated heterocycles. The molecule has 1 aromatic carbocycles. The minimum absolute atomic E-state index is 0.00860. The van der Waals surface area contributed by atoms with Gasteiger partial charge in [-0.15, -0.1) is 0 Å². The van der Waals surface area contributed by atoms with Crippen LogP contribution in [-0.4, -0.2) is 65.2 Å². The summed E-state index contributed by atoms with van der Waals surface area (Å²) in [4.78, 5) is 27.3. The summed E-state index contributed by atoms with van der Waals surface area (Å²) >= 11 is 5.95. The zero-order chi connectivity index (χ0) is 19.4. The summed E-state index contributed by atoms with van der Waals surface area (Å²) in [6.45, 7) is 4.28. The number of hydrogen-bond acceptors (Lipinski definition) is 3. The zero-order valence-corrected chi connectivity index (χ0v) is 16.5. The van der Waals surface area contributed by atoms with Gasteiger partial charge in [0.25, 0.3) is 0 Å². The van der Waals surface area contributed by atoms with Gasteiger partial charge in [-0.2, -0.15) is 0 Å². The molecule has 7 heteroatoms. The summed E-state index contributed by atoms with van der Waals surface area (Å²) in [7, 11) is 0. The summed E-state index contributed by atoms with van der Waals surface area (Å²) in [6, 6.07) is 8.42.